The van der Waals surface area contributed by atoms with Gasteiger partial charge in [-0.2, -0.15) is 0 Å². The number of hydrogen-bond acceptors (Lipinski definition) is 3. The topological polar surface area (TPSA) is 52.7 Å². The van der Waals surface area contributed by atoms with Gasteiger partial charge in [-0.3, -0.25) is 9.59 Å². The number of benzene rings is 2. The van der Waals surface area contributed by atoms with Gasteiger partial charge in [0, 0.05) is 20.0 Å². The van der Waals surface area contributed by atoms with E-state index in [0.717, 1.165) is 17.5 Å². The lowest BCUT2D eigenvalue weighted by Gasteiger charge is -2.37. The zero-order valence-corrected chi connectivity index (χ0v) is 16.9. The molecule has 5 heteroatoms. The van der Waals surface area contributed by atoms with Crippen LogP contribution in [0.2, 0.25) is 0 Å². The zero-order valence-electron chi connectivity index (χ0n) is 16.9. The Labute approximate surface area is 167 Å². The molecule has 3 rings (SSSR count). The Morgan fingerprint density at radius 1 is 1.11 bits per heavy atom. The van der Waals surface area contributed by atoms with Crippen LogP contribution in [0.25, 0.3) is 0 Å². The summed E-state index contributed by atoms with van der Waals surface area (Å²) in [4.78, 5) is 29.1. The van der Waals surface area contributed by atoms with E-state index in [2.05, 4.69) is 16.3 Å². The number of nitrogens with one attached hydrogen (secondary N) is 1. The van der Waals surface area contributed by atoms with E-state index in [1.807, 2.05) is 67.5 Å². The molecule has 1 aliphatic rings. The van der Waals surface area contributed by atoms with E-state index < -0.39 is 0 Å². The molecule has 0 fully saturated rings. The number of hydrogen-bond donors (Lipinski definition) is 1. The van der Waals surface area contributed by atoms with Gasteiger partial charge in [-0.15, -0.1) is 0 Å². The van der Waals surface area contributed by atoms with Crippen molar-refractivity contribution in [2.45, 2.75) is 31.8 Å². The third-order valence-corrected chi connectivity index (χ3v) is 5.28. The number of nitrogens with zero attached hydrogens (tertiary/aromatic N) is 2. The first-order valence-corrected chi connectivity index (χ1v) is 9.79. The average Bonchev–Trinajstić information content (AvgIpc) is 2.68. The highest BCUT2D eigenvalue weighted by Crippen LogP contribution is 2.32. The van der Waals surface area contributed by atoms with Gasteiger partial charge in [0.05, 0.1) is 18.5 Å². The molecule has 0 bridgehead atoms. The maximum Gasteiger partial charge on any atom is 0.222 e. The van der Waals surface area contributed by atoms with Gasteiger partial charge in [-0.1, -0.05) is 54.6 Å². The average molecular weight is 380 g/mol. The fourth-order valence-electron chi connectivity index (χ4n) is 3.96. The number of carbonyl (C=O) groups excluding carboxylic acids is 2. The molecule has 2 aromatic rings. The summed E-state index contributed by atoms with van der Waals surface area (Å²) in [6, 6.07) is 17.8. The second-order valence-electron chi connectivity index (χ2n) is 7.67. The molecule has 2 aromatic carbocycles. The van der Waals surface area contributed by atoms with Crippen LogP contribution in [0.15, 0.2) is 54.6 Å². The van der Waals surface area contributed by atoms with Gasteiger partial charge in [0.15, 0.2) is 0 Å². The van der Waals surface area contributed by atoms with Crippen LogP contribution >= 0.6 is 0 Å². The number of rotatable bonds is 6. The van der Waals surface area contributed by atoms with Crippen molar-refractivity contribution in [1.29, 1.82) is 0 Å². The molecule has 1 N–H and O–H groups in total. The van der Waals surface area contributed by atoms with Crippen molar-refractivity contribution in [3.8, 4) is 0 Å². The second-order valence-corrected chi connectivity index (χ2v) is 7.67. The van der Waals surface area contributed by atoms with E-state index >= 15 is 0 Å². The molecule has 1 heterocycles. The maximum absolute atomic E-state index is 13.0. The standard InChI is InChI=1S/C23H29N3O2/c1-17(27)26-14-13-18-9-7-8-12-20(18)22(26)15-23(28)24-21(16-25(2)3)19-10-5-4-6-11-19/h4-12,21-22H,13-16H2,1-3H3,(H,24,28). The first kappa shape index (κ1) is 20.1. The van der Waals surface area contributed by atoms with Crippen molar-refractivity contribution in [1.82, 2.24) is 15.1 Å². The lowest BCUT2D eigenvalue weighted by molar-refractivity contribution is -0.133. The Morgan fingerprint density at radius 2 is 1.79 bits per heavy atom. The summed E-state index contributed by atoms with van der Waals surface area (Å²) in [5, 5.41) is 3.18. The minimum atomic E-state index is -0.210. The normalized spacial score (nSPS) is 17.1. The van der Waals surface area contributed by atoms with Gasteiger partial charge >= 0.3 is 0 Å². The monoisotopic (exact) mass is 379 g/mol. The lowest BCUT2D eigenvalue weighted by atomic mass is 9.90. The van der Waals surface area contributed by atoms with Crippen molar-refractivity contribution in [3.05, 3.63) is 71.3 Å². The summed E-state index contributed by atoms with van der Waals surface area (Å²) in [5.74, 6) is -0.0242. The van der Waals surface area contributed by atoms with Crippen LogP contribution in [0.4, 0.5) is 0 Å². The molecule has 1 aliphatic heterocycles. The van der Waals surface area contributed by atoms with Crippen LogP contribution in [0, 0.1) is 0 Å². The summed E-state index contributed by atoms with van der Waals surface area (Å²) in [6.07, 6.45) is 1.11. The van der Waals surface area contributed by atoms with Gasteiger partial charge < -0.3 is 15.1 Å². The summed E-state index contributed by atoms with van der Waals surface area (Å²) >= 11 is 0. The fraction of sp³-hybridized carbons (Fsp3) is 0.391. The molecular weight excluding hydrogens is 350 g/mol. The van der Waals surface area contributed by atoms with Crippen LogP contribution in [0.1, 0.15) is 42.1 Å². The molecule has 2 atom stereocenters. The minimum absolute atomic E-state index is 0.0141. The molecule has 2 unspecified atom stereocenters. The van der Waals surface area contributed by atoms with Crippen LogP contribution in [0.5, 0.6) is 0 Å². The Balaban J connectivity index is 1.78. The molecule has 0 aliphatic carbocycles. The van der Waals surface area contributed by atoms with E-state index in [4.69, 9.17) is 0 Å². The van der Waals surface area contributed by atoms with Crippen molar-refractivity contribution in [3.63, 3.8) is 0 Å². The van der Waals surface area contributed by atoms with E-state index in [1.165, 1.54) is 5.56 Å². The van der Waals surface area contributed by atoms with Crippen molar-refractivity contribution < 1.29 is 9.59 Å². The lowest BCUT2D eigenvalue weighted by Crippen LogP contribution is -2.42. The van der Waals surface area contributed by atoms with Crippen LogP contribution in [-0.2, 0) is 16.0 Å². The fourth-order valence-corrected chi connectivity index (χ4v) is 3.96. The quantitative estimate of drug-likeness (QED) is 0.840. The maximum atomic E-state index is 13.0. The molecule has 0 spiro atoms. The molecule has 0 aromatic heterocycles. The summed E-state index contributed by atoms with van der Waals surface area (Å²) in [7, 11) is 3.99. The molecule has 2 amide bonds. The van der Waals surface area contributed by atoms with Gasteiger partial charge in [-0.05, 0) is 37.2 Å². The molecule has 5 nitrogen and oxygen atoms in total. The van der Waals surface area contributed by atoms with E-state index in [9.17, 15) is 9.59 Å². The Bertz CT molecular complexity index is 820. The predicted molar refractivity (Wildman–Crippen MR) is 111 cm³/mol. The van der Waals surface area contributed by atoms with Gasteiger partial charge in [0.25, 0.3) is 0 Å². The highest BCUT2D eigenvalue weighted by atomic mass is 16.2. The van der Waals surface area contributed by atoms with Crippen molar-refractivity contribution in [2.75, 3.05) is 27.2 Å². The first-order chi connectivity index (χ1) is 13.5. The van der Waals surface area contributed by atoms with E-state index in [0.29, 0.717) is 13.1 Å². The van der Waals surface area contributed by atoms with Gasteiger partial charge in [0.1, 0.15) is 0 Å². The minimum Gasteiger partial charge on any atom is -0.348 e. The molecule has 148 valence electrons. The van der Waals surface area contributed by atoms with E-state index in [1.54, 1.807) is 6.92 Å². The summed E-state index contributed by atoms with van der Waals surface area (Å²) < 4.78 is 0. The zero-order chi connectivity index (χ0) is 20.1. The Hall–Kier alpha value is -2.66. The SMILES string of the molecule is CC(=O)N1CCc2ccccc2C1CC(=O)NC(CN(C)C)c1ccccc1. The largest absolute Gasteiger partial charge is 0.348 e. The van der Waals surface area contributed by atoms with Crippen LogP contribution in [-0.4, -0.2) is 48.8 Å². The number of carbonyl (C=O) groups is 2. The molecular formula is C23H29N3O2. The third kappa shape index (κ3) is 4.78. The molecule has 0 radical (unpaired) electrons. The number of amides is 2. The second kappa shape index (κ2) is 9.02. The highest BCUT2D eigenvalue weighted by Gasteiger charge is 2.31. The summed E-state index contributed by atoms with van der Waals surface area (Å²) in [6.45, 7) is 2.95. The van der Waals surface area contributed by atoms with Crippen LogP contribution < -0.4 is 5.32 Å². The first-order valence-electron chi connectivity index (χ1n) is 9.79. The predicted octanol–water partition coefficient (Wildman–Crippen LogP) is 2.94. The third-order valence-electron chi connectivity index (χ3n) is 5.28. The molecule has 28 heavy (non-hydrogen) atoms. The van der Waals surface area contributed by atoms with E-state index in [-0.39, 0.29) is 30.3 Å². The Morgan fingerprint density at radius 3 is 2.46 bits per heavy atom. The highest BCUT2D eigenvalue weighted by molar-refractivity contribution is 5.80. The molecule has 0 saturated carbocycles. The molecule has 0 saturated heterocycles. The number of likely N-dealkylation sites (N-methyl/N-ethyl adjacent to an activating group) is 1. The van der Waals surface area contributed by atoms with Crippen molar-refractivity contribution in [2.24, 2.45) is 0 Å². The smallest absolute Gasteiger partial charge is 0.222 e. The van der Waals surface area contributed by atoms with Crippen LogP contribution in [0.3, 0.4) is 0 Å². The van der Waals surface area contributed by atoms with Gasteiger partial charge in [0.2, 0.25) is 11.8 Å². The summed E-state index contributed by atoms with van der Waals surface area (Å²) in [5.41, 5.74) is 3.39. The van der Waals surface area contributed by atoms with Crippen molar-refractivity contribution >= 4 is 11.8 Å². The number of fused-ring (bicyclic) bond motifs is 1. The Kier molecular flexibility index (Phi) is 6.47. The van der Waals surface area contributed by atoms with Gasteiger partial charge in [-0.25, -0.2) is 0 Å².